The molecule has 0 aromatic rings. The summed E-state index contributed by atoms with van der Waals surface area (Å²) in [5.41, 5.74) is 0. The fourth-order valence-corrected chi connectivity index (χ4v) is 11.8. The van der Waals surface area contributed by atoms with Crippen LogP contribution in [0.5, 0.6) is 0 Å². The zero-order valence-corrected chi connectivity index (χ0v) is 58.1. The number of carbonyl (C=O) groups is 4. The lowest BCUT2D eigenvalue weighted by Gasteiger charge is -2.21. The summed E-state index contributed by atoms with van der Waals surface area (Å²) >= 11 is 0. The van der Waals surface area contributed by atoms with Crippen molar-refractivity contribution in [3.05, 3.63) is 0 Å². The molecule has 0 heterocycles. The maximum absolute atomic E-state index is 13.0. The maximum Gasteiger partial charge on any atom is 0.472 e. The van der Waals surface area contributed by atoms with Crippen LogP contribution in [-0.2, 0) is 65.4 Å². The SMILES string of the molecule is CCCCCCCCCCCCCCCCCCC(=O)O[C@H](COC(=O)CCCCCCCCCCCCCCC(C)C)COP(=O)(O)OC[C@@H](O)COP(=O)(O)OC[C@@H](COC(=O)CCCCCCC)OC(=O)CCCCCCCCCCC(C)C. The minimum atomic E-state index is -4.95. The number of hydrogen-bond donors (Lipinski definition) is 3. The molecule has 0 fully saturated rings. The smallest absolute Gasteiger partial charge is 0.462 e. The van der Waals surface area contributed by atoms with Gasteiger partial charge in [0.05, 0.1) is 26.4 Å². The Bertz CT molecular complexity index is 1700. The van der Waals surface area contributed by atoms with E-state index < -0.39 is 97.5 Å². The van der Waals surface area contributed by atoms with Crippen molar-refractivity contribution in [2.24, 2.45) is 11.8 Å². The summed E-state index contributed by atoms with van der Waals surface area (Å²) in [7, 11) is -9.89. The third kappa shape index (κ3) is 62.6. The summed E-state index contributed by atoms with van der Waals surface area (Å²) in [6, 6.07) is 0. The Morgan fingerprint density at radius 3 is 0.782 bits per heavy atom. The van der Waals surface area contributed by atoms with Gasteiger partial charge in [0.15, 0.2) is 12.2 Å². The minimum absolute atomic E-state index is 0.104. The maximum atomic E-state index is 13.0. The summed E-state index contributed by atoms with van der Waals surface area (Å²) in [5.74, 6) is -0.638. The van der Waals surface area contributed by atoms with Crippen molar-refractivity contribution in [1.29, 1.82) is 0 Å². The van der Waals surface area contributed by atoms with Gasteiger partial charge < -0.3 is 33.8 Å². The van der Waals surface area contributed by atoms with E-state index in [-0.39, 0.29) is 25.7 Å². The molecule has 2 unspecified atom stereocenters. The quantitative estimate of drug-likeness (QED) is 0.0222. The Kier molecular flexibility index (Phi) is 59.0. The second kappa shape index (κ2) is 60.3. The molecule has 19 heteroatoms. The molecule has 87 heavy (non-hydrogen) atoms. The summed E-state index contributed by atoms with van der Waals surface area (Å²) in [6.07, 6.45) is 44.8. The number of phosphoric acid groups is 2. The number of aliphatic hydroxyl groups excluding tert-OH is 1. The number of ether oxygens (including phenoxy) is 4. The van der Waals surface area contributed by atoms with Crippen molar-refractivity contribution in [3.63, 3.8) is 0 Å². The molecule has 0 aliphatic carbocycles. The van der Waals surface area contributed by atoms with Crippen LogP contribution in [0.15, 0.2) is 0 Å². The van der Waals surface area contributed by atoms with Gasteiger partial charge in [-0.1, -0.05) is 292 Å². The Balaban J connectivity index is 5.17. The highest BCUT2D eigenvalue weighted by Crippen LogP contribution is 2.45. The van der Waals surface area contributed by atoms with Gasteiger partial charge >= 0.3 is 39.5 Å². The number of hydrogen-bond acceptors (Lipinski definition) is 15. The highest BCUT2D eigenvalue weighted by atomic mass is 31.2. The van der Waals surface area contributed by atoms with Gasteiger partial charge in [-0.25, -0.2) is 9.13 Å². The van der Waals surface area contributed by atoms with E-state index in [2.05, 4.69) is 41.5 Å². The van der Waals surface area contributed by atoms with Crippen molar-refractivity contribution >= 4 is 39.5 Å². The van der Waals surface area contributed by atoms with Gasteiger partial charge in [-0.05, 0) is 37.5 Å². The standard InChI is InChI=1S/C68H132O17P2/c1-7-9-11-13-14-15-16-17-18-19-20-25-28-34-40-46-52-67(72)85-64(57-79-66(71)51-45-39-33-27-24-22-21-23-26-31-37-42-48-60(3)4)59-83-87(76,77)81-55-62(69)54-80-86(74,75)82-58-63(56-78-65(70)50-44-36-12-10-8-2)84-68(73)53-47-41-35-30-29-32-38-43-49-61(5)6/h60-64,69H,7-59H2,1-6H3,(H,74,75)(H,76,77)/t62-,63+,64+/m0/s1. The molecule has 0 bridgehead atoms. The Morgan fingerprint density at radius 2 is 0.529 bits per heavy atom. The monoisotopic (exact) mass is 1280 g/mol. The topological polar surface area (TPSA) is 237 Å². The van der Waals surface area contributed by atoms with Crippen molar-refractivity contribution in [2.45, 2.75) is 362 Å². The van der Waals surface area contributed by atoms with Gasteiger partial charge in [0.1, 0.15) is 19.3 Å². The minimum Gasteiger partial charge on any atom is -0.462 e. The first-order chi connectivity index (χ1) is 41.9. The second-order valence-corrected chi connectivity index (χ2v) is 28.4. The summed E-state index contributed by atoms with van der Waals surface area (Å²) < 4.78 is 68.0. The van der Waals surface area contributed by atoms with E-state index in [9.17, 15) is 43.2 Å². The first kappa shape index (κ1) is 85.1. The van der Waals surface area contributed by atoms with Crippen molar-refractivity contribution in [2.75, 3.05) is 39.6 Å². The summed E-state index contributed by atoms with van der Waals surface area (Å²) in [5, 5.41) is 10.5. The van der Waals surface area contributed by atoms with Crippen LogP contribution >= 0.6 is 15.6 Å². The Hall–Kier alpha value is -1.94. The number of unbranched alkanes of at least 4 members (excludes halogenated alkanes) is 37. The fourth-order valence-electron chi connectivity index (χ4n) is 10.2. The van der Waals surface area contributed by atoms with Crippen LogP contribution in [0.25, 0.3) is 0 Å². The van der Waals surface area contributed by atoms with E-state index in [4.69, 9.17) is 37.0 Å². The van der Waals surface area contributed by atoms with E-state index in [1.807, 2.05) is 0 Å². The van der Waals surface area contributed by atoms with Crippen LogP contribution < -0.4 is 0 Å². The number of carbonyl (C=O) groups excluding carboxylic acids is 4. The van der Waals surface area contributed by atoms with E-state index >= 15 is 0 Å². The van der Waals surface area contributed by atoms with E-state index in [0.717, 1.165) is 108 Å². The van der Waals surface area contributed by atoms with Gasteiger partial charge in [-0.3, -0.25) is 37.3 Å². The second-order valence-electron chi connectivity index (χ2n) is 25.5. The van der Waals surface area contributed by atoms with Crippen LogP contribution in [0.2, 0.25) is 0 Å². The third-order valence-corrected chi connectivity index (χ3v) is 17.6. The van der Waals surface area contributed by atoms with Gasteiger partial charge in [-0.15, -0.1) is 0 Å². The normalized spacial score (nSPS) is 14.2. The molecule has 0 rings (SSSR count). The molecule has 0 aromatic carbocycles. The molecule has 3 N–H and O–H groups in total. The number of aliphatic hydroxyl groups is 1. The highest BCUT2D eigenvalue weighted by molar-refractivity contribution is 7.47. The van der Waals surface area contributed by atoms with Crippen molar-refractivity contribution in [1.82, 2.24) is 0 Å². The average Bonchev–Trinajstić information content (AvgIpc) is 3.70. The molecule has 516 valence electrons. The van der Waals surface area contributed by atoms with E-state index in [0.29, 0.717) is 25.7 Å². The van der Waals surface area contributed by atoms with Gasteiger partial charge in [0.25, 0.3) is 0 Å². The number of rotatable bonds is 67. The molecule has 0 saturated heterocycles. The number of esters is 4. The van der Waals surface area contributed by atoms with Crippen LogP contribution in [0.1, 0.15) is 343 Å². The molecule has 0 amide bonds. The Labute approximate surface area is 530 Å². The van der Waals surface area contributed by atoms with Gasteiger partial charge in [0, 0.05) is 25.7 Å². The van der Waals surface area contributed by atoms with Gasteiger partial charge in [0.2, 0.25) is 0 Å². The van der Waals surface area contributed by atoms with E-state index in [1.54, 1.807) is 0 Å². The molecule has 0 aliphatic rings. The lowest BCUT2D eigenvalue weighted by molar-refractivity contribution is -0.161. The molecular weight excluding hydrogens is 1150 g/mol. The predicted molar refractivity (Wildman–Crippen MR) is 349 cm³/mol. The zero-order valence-electron chi connectivity index (χ0n) is 56.3. The lowest BCUT2D eigenvalue weighted by atomic mass is 10.0. The average molecular weight is 1280 g/mol. The summed E-state index contributed by atoms with van der Waals surface area (Å²) in [6.45, 7) is 9.42. The van der Waals surface area contributed by atoms with Crippen LogP contribution in [0.4, 0.5) is 0 Å². The molecule has 0 saturated carbocycles. The number of phosphoric ester groups is 2. The van der Waals surface area contributed by atoms with Gasteiger partial charge in [-0.2, -0.15) is 0 Å². The summed E-state index contributed by atoms with van der Waals surface area (Å²) in [4.78, 5) is 72.2. The molecule has 0 aromatic heterocycles. The molecule has 17 nitrogen and oxygen atoms in total. The van der Waals surface area contributed by atoms with Crippen LogP contribution in [-0.4, -0.2) is 96.7 Å². The Morgan fingerprint density at radius 1 is 0.310 bits per heavy atom. The first-order valence-electron chi connectivity index (χ1n) is 35.5. The fraction of sp³-hybridized carbons (Fsp3) is 0.941. The molecule has 0 aliphatic heterocycles. The van der Waals surface area contributed by atoms with Crippen LogP contribution in [0.3, 0.4) is 0 Å². The molecule has 0 radical (unpaired) electrons. The first-order valence-corrected chi connectivity index (χ1v) is 38.5. The van der Waals surface area contributed by atoms with Crippen LogP contribution in [0, 0.1) is 11.8 Å². The third-order valence-electron chi connectivity index (χ3n) is 15.7. The largest absolute Gasteiger partial charge is 0.472 e. The lowest BCUT2D eigenvalue weighted by Crippen LogP contribution is -2.30. The molecular formula is C68H132O17P2. The van der Waals surface area contributed by atoms with Crippen molar-refractivity contribution < 1.29 is 80.2 Å². The molecule has 5 atom stereocenters. The van der Waals surface area contributed by atoms with Crippen molar-refractivity contribution in [3.8, 4) is 0 Å². The zero-order chi connectivity index (χ0) is 64.3. The predicted octanol–water partition coefficient (Wildman–Crippen LogP) is 19.2. The molecule has 0 spiro atoms. The highest BCUT2D eigenvalue weighted by Gasteiger charge is 2.30. The van der Waals surface area contributed by atoms with E-state index in [1.165, 1.54) is 154 Å².